The van der Waals surface area contributed by atoms with Gasteiger partial charge >= 0.3 is 0 Å². The molecule has 0 aliphatic heterocycles. The summed E-state index contributed by atoms with van der Waals surface area (Å²) in [5.74, 6) is 0. The van der Waals surface area contributed by atoms with Crippen molar-refractivity contribution in [2.45, 2.75) is 45.4 Å². The van der Waals surface area contributed by atoms with Crippen LogP contribution in [-0.4, -0.2) is 10.9 Å². The van der Waals surface area contributed by atoms with Gasteiger partial charge in [0.15, 0.2) is 0 Å². The van der Waals surface area contributed by atoms with Gasteiger partial charge < -0.3 is 9.62 Å². The predicted molar refractivity (Wildman–Crippen MR) is 119 cm³/mol. The van der Waals surface area contributed by atoms with Crippen molar-refractivity contribution < 1.29 is 9.62 Å². The van der Waals surface area contributed by atoms with Crippen LogP contribution in [0.2, 0.25) is 0 Å². The molecule has 5 rings (SSSR count). The number of nitrogens with zero attached hydrogens (tertiary/aromatic N) is 1. The fraction of sp³-hybridized carbons (Fsp3) is 0.269. The summed E-state index contributed by atoms with van der Waals surface area (Å²) in [5, 5.41) is 15.2. The topological polar surface area (TPSA) is 45.7 Å². The molecule has 1 N–H and O–H groups in total. The van der Waals surface area contributed by atoms with Crippen molar-refractivity contribution in [3.05, 3.63) is 71.3 Å². The monoisotopic (exact) mass is 383 g/mol. The molecule has 0 unspecified atom stereocenters. The Morgan fingerprint density at radius 1 is 0.931 bits per heavy atom. The molecule has 1 aliphatic rings. The summed E-state index contributed by atoms with van der Waals surface area (Å²) in [7, 11) is 0. The summed E-state index contributed by atoms with van der Waals surface area (Å²) in [4.78, 5) is 0. The molecule has 4 aromatic rings. The summed E-state index contributed by atoms with van der Waals surface area (Å²) in [6.07, 6.45) is 2.84. The molecule has 3 heteroatoms. The van der Waals surface area contributed by atoms with Gasteiger partial charge in [-0.1, -0.05) is 56.6 Å². The van der Waals surface area contributed by atoms with Crippen LogP contribution in [0.15, 0.2) is 64.2 Å². The van der Waals surface area contributed by atoms with E-state index in [1.807, 2.05) is 12.1 Å². The second-order valence-electron chi connectivity index (χ2n) is 8.53. The molecule has 0 saturated carbocycles. The summed E-state index contributed by atoms with van der Waals surface area (Å²) in [5.41, 5.74) is 8.69. The van der Waals surface area contributed by atoms with Gasteiger partial charge in [0, 0.05) is 21.8 Å². The minimum absolute atomic E-state index is 0.0406. The zero-order valence-corrected chi connectivity index (χ0v) is 17.1. The van der Waals surface area contributed by atoms with Crippen LogP contribution < -0.4 is 0 Å². The number of furan rings is 1. The van der Waals surface area contributed by atoms with Crippen molar-refractivity contribution >= 4 is 27.7 Å². The van der Waals surface area contributed by atoms with Crippen LogP contribution in [-0.2, 0) is 5.41 Å². The zero-order chi connectivity index (χ0) is 20.2. The normalized spacial score (nSPS) is 15.1. The van der Waals surface area contributed by atoms with Crippen molar-refractivity contribution in [3.8, 4) is 11.1 Å². The molecular weight excluding hydrogens is 358 g/mol. The molecular formula is C26H25NO2. The first-order valence-electron chi connectivity index (χ1n) is 10.4. The lowest BCUT2D eigenvalue weighted by molar-refractivity contribution is 0.318. The third kappa shape index (κ3) is 2.61. The van der Waals surface area contributed by atoms with E-state index in [0.717, 1.165) is 52.5 Å². The average Bonchev–Trinajstić information content (AvgIpc) is 3.20. The number of unbranched alkanes of at least 4 members (excludes halogenated alkanes) is 1. The van der Waals surface area contributed by atoms with Gasteiger partial charge in [-0.2, -0.15) is 0 Å². The fourth-order valence-electron chi connectivity index (χ4n) is 4.75. The maximum Gasteiger partial charge on any atom is 0.135 e. The molecule has 0 amide bonds. The average molecular weight is 383 g/mol. The van der Waals surface area contributed by atoms with Crippen molar-refractivity contribution in [2.24, 2.45) is 5.16 Å². The Morgan fingerprint density at radius 3 is 2.52 bits per heavy atom. The zero-order valence-electron chi connectivity index (χ0n) is 17.1. The van der Waals surface area contributed by atoms with E-state index in [0.29, 0.717) is 0 Å². The van der Waals surface area contributed by atoms with E-state index in [9.17, 15) is 5.21 Å². The third-order valence-electron chi connectivity index (χ3n) is 6.39. The van der Waals surface area contributed by atoms with Gasteiger partial charge in [0.1, 0.15) is 11.2 Å². The van der Waals surface area contributed by atoms with Gasteiger partial charge in [-0.15, -0.1) is 0 Å². The van der Waals surface area contributed by atoms with Crippen molar-refractivity contribution in [1.82, 2.24) is 0 Å². The molecule has 0 fully saturated rings. The van der Waals surface area contributed by atoms with Gasteiger partial charge in [0.2, 0.25) is 0 Å². The van der Waals surface area contributed by atoms with Crippen molar-refractivity contribution in [2.75, 3.05) is 0 Å². The SMILES string of the molecule is CCCC/C(=N/O)c1ccc2oc3cc4c(cc3c2c1)-c1ccccc1C4(C)C. The van der Waals surface area contributed by atoms with Gasteiger partial charge in [-0.25, -0.2) is 0 Å². The van der Waals surface area contributed by atoms with E-state index in [-0.39, 0.29) is 5.41 Å². The smallest absolute Gasteiger partial charge is 0.135 e. The summed E-state index contributed by atoms with van der Waals surface area (Å²) >= 11 is 0. The van der Waals surface area contributed by atoms with Crippen LogP contribution in [0.3, 0.4) is 0 Å². The Morgan fingerprint density at radius 2 is 1.72 bits per heavy atom. The first kappa shape index (κ1) is 18.0. The number of fused-ring (bicyclic) bond motifs is 6. The Kier molecular flexibility index (Phi) is 4.02. The third-order valence-corrected chi connectivity index (χ3v) is 6.39. The van der Waals surface area contributed by atoms with Crippen LogP contribution in [0.25, 0.3) is 33.1 Å². The second-order valence-corrected chi connectivity index (χ2v) is 8.53. The Balaban J connectivity index is 1.73. The van der Waals surface area contributed by atoms with Gasteiger partial charge in [0.05, 0.1) is 5.71 Å². The summed E-state index contributed by atoms with van der Waals surface area (Å²) in [6.45, 7) is 6.70. The highest BCUT2D eigenvalue weighted by Crippen LogP contribution is 2.50. The van der Waals surface area contributed by atoms with E-state index in [4.69, 9.17) is 4.42 Å². The van der Waals surface area contributed by atoms with E-state index in [1.54, 1.807) is 0 Å². The lowest BCUT2D eigenvalue weighted by Crippen LogP contribution is -2.14. The number of hydrogen-bond acceptors (Lipinski definition) is 3. The highest BCUT2D eigenvalue weighted by molar-refractivity contribution is 6.11. The van der Waals surface area contributed by atoms with Crippen LogP contribution in [0.1, 0.15) is 56.7 Å². The standard InChI is InChI=1S/C26H25NO2/c1-4-5-10-23(27-28)16-11-12-24-19(13-16)20-14-18-17-8-6-7-9-21(17)26(2,3)22(18)15-25(20)29-24/h6-9,11-15,28H,4-5,10H2,1-3H3/b27-23-. The molecule has 3 aromatic carbocycles. The molecule has 1 heterocycles. The predicted octanol–water partition coefficient (Wildman–Crippen LogP) is 7.26. The maximum absolute atomic E-state index is 9.50. The summed E-state index contributed by atoms with van der Waals surface area (Å²) in [6, 6.07) is 19.2. The van der Waals surface area contributed by atoms with Crippen molar-refractivity contribution in [3.63, 3.8) is 0 Å². The summed E-state index contributed by atoms with van der Waals surface area (Å²) < 4.78 is 6.22. The van der Waals surface area contributed by atoms with Crippen molar-refractivity contribution in [1.29, 1.82) is 0 Å². The lowest BCUT2D eigenvalue weighted by Gasteiger charge is -2.21. The Hall–Kier alpha value is -3.07. The highest BCUT2D eigenvalue weighted by atomic mass is 16.4. The molecule has 0 spiro atoms. The Labute approximate surface area is 170 Å². The van der Waals surface area contributed by atoms with Gasteiger partial charge in [0.25, 0.3) is 0 Å². The highest BCUT2D eigenvalue weighted by Gasteiger charge is 2.35. The van der Waals surface area contributed by atoms with E-state index >= 15 is 0 Å². The number of rotatable bonds is 4. The quantitative estimate of drug-likeness (QED) is 0.229. The number of oxime groups is 1. The molecule has 1 aliphatic carbocycles. The molecule has 0 radical (unpaired) electrons. The molecule has 0 bridgehead atoms. The van der Waals surface area contributed by atoms with Crippen LogP contribution >= 0.6 is 0 Å². The maximum atomic E-state index is 9.50. The van der Waals surface area contributed by atoms with E-state index in [1.165, 1.54) is 22.3 Å². The number of benzene rings is 3. The Bertz CT molecular complexity index is 1280. The van der Waals surface area contributed by atoms with E-state index in [2.05, 4.69) is 68.4 Å². The molecule has 1 aromatic heterocycles. The van der Waals surface area contributed by atoms with Crippen LogP contribution in [0, 0.1) is 0 Å². The molecule has 29 heavy (non-hydrogen) atoms. The first-order chi connectivity index (χ1) is 14.0. The van der Waals surface area contributed by atoms with E-state index < -0.39 is 0 Å². The number of hydrogen-bond donors (Lipinski definition) is 1. The molecule has 146 valence electrons. The first-order valence-corrected chi connectivity index (χ1v) is 10.4. The van der Waals surface area contributed by atoms with Gasteiger partial charge in [-0.05, 0) is 65.4 Å². The minimum atomic E-state index is -0.0406. The minimum Gasteiger partial charge on any atom is -0.456 e. The molecule has 0 atom stereocenters. The fourth-order valence-corrected chi connectivity index (χ4v) is 4.75. The largest absolute Gasteiger partial charge is 0.456 e. The second kappa shape index (κ2) is 6.48. The van der Waals surface area contributed by atoms with Crippen LogP contribution in [0.5, 0.6) is 0 Å². The lowest BCUT2D eigenvalue weighted by atomic mass is 9.82. The molecule has 0 saturated heterocycles. The van der Waals surface area contributed by atoms with Gasteiger partial charge in [-0.3, -0.25) is 0 Å². The molecule has 3 nitrogen and oxygen atoms in total. The van der Waals surface area contributed by atoms with Crippen LogP contribution in [0.4, 0.5) is 0 Å².